The van der Waals surface area contributed by atoms with Crippen LogP contribution in [0.25, 0.3) is 21.9 Å². The summed E-state index contributed by atoms with van der Waals surface area (Å²) in [6, 6.07) is 20.4. The standard InChI is InChI=1S/C26H26N2O3.ClH/c1-31-25(29)14-17-5-2-6-18(13-17)20-7-3-9-22-21(20)8-4-10-23(22)26(30)28-15-19-11-12-27-24(19)16-28;/h2-10,13,19,24,27H,11-12,14-16H2,1H3;1H/t19-,24+;/m0./s1. The summed E-state index contributed by atoms with van der Waals surface area (Å²) in [5.74, 6) is 0.429. The fraction of sp³-hybridized carbons (Fsp3) is 0.308. The summed E-state index contributed by atoms with van der Waals surface area (Å²) >= 11 is 0. The van der Waals surface area contributed by atoms with Crippen molar-refractivity contribution in [3.8, 4) is 11.1 Å². The zero-order valence-electron chi connectivity index (χ0n) is 18.0. The van der Waals surface area contributed by atoms with E-state index in [2.05, 4.69) is 17.4 Å². The molecule has 6 heteroatoms. The van der Waals surface area contributed by atoms with Gasteiger partial charge in [0.1, 0.15) is 0 Å². The monoisotopic (exact) mass is 450 g/mol. The van der Waals surface area contributed by atoms with Crippen molar-refractivity contribution in [2.24, 2.45) is 5.92 Å². The van der Waals surface area contributed by atoms with E-state index >= 15 is 0 Å². The summed E-state index contributed by atoms with van der Waals surface area (Å²) in [5.41, 5.74) is 3.74. The van der Waals surface area contributed by atoms with Gasteiger partial charge in [0, 0.05) is 24.7 Å². The Morgan fingerprint density at radius 3 is 2.62 bits per heavy atom. The predicted octanol–water partition coefficient (Wildman–Crippen LogP) is 4.08. The van der Waals surface area contributed by atoms with Gasteiger partial charge in [-0.15, -0.1) is 12.4 Å². The largest absolute Gasteiger partial charge is 0.469 e. The molecule has 2 heterocycles. The van der Waals surface area contributed by atoms with Crippen LogP contribution in [-0.4, -0.2) is 49.6 Å². The van der Waals surface area contributed by atoms with E-state index in [9.17, 15) is 9.59 Å². The maximum absolute atomic E-state index is 13.4. The van der Waals surface area contributed by atoms with Crippen LogP contribution in [0.3, 0.4) is 0 Å². The molecule has 0 aliphatic carbocycles. The second-order valence-corrected chi connectivity index (χ2v) is 8.48. The summed E-state index contributed by atoms with van der Waals surface area (Å²) in [7, 11) is 1.40. The first-order chi connectivity index (χ1) is 15.1. The molecule has 2 fully saturated rings. The van der Waals surface area contributed by atoms with Gasteiger partial charge in [-0.25, -0.2) is 0 Å². The highest BCUT2D eigenvalue weighted by molar-refractivity contribution is 6.10. The highest BCUT2D eigenvalue weighted by Crippen LogP contribution is 2.33. The Kier molecular flexibility index (Phi) is 6.49. The number of nitrogens with zero attached hydrogens (tertiary/aromatic N) is 1. The third kappa shape index (κ3) is 4.10. The van der Waals surface area contributed by atoms with Gasteiger partial charge in [0.15, 0.2) is 0 Å². The number of hydrogen-bond donors (Lipinski definition) is 1. The van der Waals surface area contributed by atoms with Crippen molar-refractivity contribution in [1.82, 2.24) is 10.2 Å². The highest BCUT2D eigenvalue weighted by atomic mass is 35.5. The van der Waals surface area contributed by atoms with E-state index in [1.807, 2.05) is 53.4 Å². The smallest absolute Gasteiger partial charge is 0.309 e. The van der Waals surface area contributed by atoms with Crippen LogP contribution in [-0.2, 0) is 16.0 Å². The van der Waals surface area contributed by atoms with Crippen molar-refractivity contribution in [3.05, 3.63) is 71.8 Å². The van der Waals surface area contributed by atoms with Crippen molar-refractivity contribution in [2.45, 2.75) is 18.9 Å². The van der Waals surface area contributed by atoms with Gasteiger partial charge in [0.2, 0.25) is 0 Å². The molecule has 2 aliphatic rings. The van der Waals surface area contributed by atoms with Crippen LogP contribution in [0.4, 0.5) is 0 Å². The van der Waals surface area contributed by atoms with Crippen molar-refractivity contribution < 1.29 is 14.3 Å². The van der Waals surface area contributed by atoms with Crippen LogP contribution in [0.2, 0.25) is 0 Å². The Bertz CT molecular complexity index is 1150. The third-order valence-corrected chi connectivity index (χ3v) is 6.62. The Morgan fingerprint density at radius 2 is 1.81 bits per heavy atom. The first kappa shape index (κ1) is 22.3. The summed E-state index contributed by atoms with van der Waals surface area (Å²) < 4.78 is 4.80. The lowest BCUT2D eigenvalue weighted by atomic mass is 9.94. The fourth-order valence-corrected chi connectivity index (χ4v) is 5.02. The summed E-state index contributed by atoms with van der Waals surface area (Å²) in [4.78, 5) is 27.1. The van der Waals surface area contributed by atoms with Gasteiger partial charge in [-0.2, -0.15) is 0 Å². The van der Waals surface area contributed by atoms with Crippen molar-refractivity contribution in [1.29, 1.82) is 0 Å². The lowest BCUT2D eigenvalue weighted by Gasteiger charge is -2.19. The Labute approximate surface area is 194 Å². The molecule has 3 aromatic rings. The third-order valence-electron chi connectivity index (χ3n) is 6.62. The molecule has 32 heavy (non-hydrogen) atoms. The molecule has 0 saturated carbocycles. The number of fused-ring (bicyclic) bond motifs is 2. The normalized spacial score (nSPS) is 19.5. The lowest BCUT2D eigenvalue weighted by Crippen LogP contribution is -2.34. The number of hydrogen-bond acceptors (Lipinski definition) is 4. The number of halogens is 1. The molecule has 5 nitrogen and oxygen atoms in total. The van der Waals surface area contributed by atoms with Gasteiger partial charge in [-0.1, -0.05) is 54.6 Å². The number of ether oxygens (including phenoxy) is 1. The average Bonchev–Trinajstić information content (AvgIpc) is 3.40. The lowest BCUT2D eigenvalue weighted by molar-refractivity contribution is -0.139. The van der Waals surface area contributed by atoms with E-state index in [1.165, 1.54) is 7.11 Å². The molecule has 0 bridgehead atoms. The van der Waals surface area contributed by atoms with Crippen molar-refractivity contribution in [2.75, 3.05) is 26.7 Å². The zero-order valence-corrected chi connectivity index (χ0v) is 18.9. The molecule has 0 radical (unpaired) electrons. The number of amides is 1. The van der Waals surface area contributed by atoms with Gasteiger partial charge < -0.3 is 15.0 Å². The Hall–Kier alpha value is -2.89. The van der Waals surface area contributed by atoms with E-state index in [1.54, 1.807) is 0 Å². The fourth-order valence-electron chi connectivity index (χ4n) is 5.02. The van der Waals surface area contributed by atoms with Gasteiger partial charge in [-0.3, -0.25) is 9.59 Å². The van der Waals surface area contributed by atoms with E-state index < -0.39 is 0 Å². The van der Waals surface area contributed by atoms with E-state index in [-0.39, 0.29) is 30.7 Å². The molecule has 0 aromatic heterocycles. The first-order valence-corrected chi connectivity index (χ1v) is 10.8. The van der Waals surface area contributed by atoms with Crippen molar-refractivity contribution in [3.63, 3.8) is 0 Å². The first-order valence-electron chi connectivity index (χ1n) is 10.8. The molecule has 2 saturated heterocycles. The molecule has 0 unspecified atom stereocenters. The van der Waals surface area contributed by atoms with E-state index in [0.717, 1.165) is 59.1 Å². The quantitative estimate of drug-likeness (QED) is 0.608. The predicted molar refractivity (Wildman–Crippen MR) is 128 cm³/mol. The number of carbonyl (C=O) groups is 2. The number of rotatable bonds is 4. The van der Waals surface area contributed by atoms with Crippen LogP contribution >= 0.6 is 12.4 Å². The minimum Gasteiger partial charge on any atom is -0.469 e. The topological polar surface area (TPSA) is 58.6 Å². The molecule has 166 valence electrons. The zero-order chi connectivity index (χ0) is 21.4. The maximum atomic E-state index is 13.4. The summed E-state index contributed by atoms with van der Waals surface area (Å²) in [6.45, 7) is 2.68. The van der Waals surface area contributed by atoms with Crippen LogP contribution in [0, 0.1) is 5.92 Å². The molecule has 2 aliphatic heterocycles. The van der Waals surface area contributed by atoms with Crippen LogP contribution in [0.15, 0.2) is 60.7 Å². The number of nitrogens with one attached hydrogen (secondary N) is 1. The van der Waals surface area contributed by atoms with Gasteiger partial charge >= 0.3 is 5.97 Å². The number of carbonyl (C=O) groups excluding carboxylic acids is 2. The molecule has 5 rings (SSSR count). The van der Waals surface area contributed by atoms with Crippen molar-refractivity contribution >= 4 is 35.1 Å². The molecule has 2 atom stereocenters. The molecular weight excluding hydrogens is 424 g/mol. The van der Waals surface area contributed by atoms with Crippen LogP contribution in [0.5, 0.6) is 0 Å². The Balaban J connectivity index is 0.00000245. The Morgan fingerprint density at radius 1 is 1.03 bits per heavy atom. The minimum absolute atomic E-state index is 0. The number of esters is 1. The number of methoxy groups -OCH3 is 1. The van der Waals surface area contributed by atoms with E-state index in [4.69, 9.17) is 4.74 Å². The van der Waals surface area contributed by atoms with Crippen LogP contribution in [0.1, 0.15) is 22.3 Å². The average molecular weight is 451 g/mol. The SMILES string of the molecule is COC(=O)Cc1cccc(-c2cccc3c(C(=O)N4C[C@@H]5CCN[C@@H]5C4)cccc23)c1.Cl. The van der Waals surface area contributed by atoms with Gasteiger partial charge in [0.05, 0.1) is 13.5 Å². The van der Waals surface area contributed by atoms with Crippen LogP contribution < -0.4 is 5.32 Å². The number of benzene rings is 3. The van der Waals surface area contributed by atoms with E-state index in [0.29, 0.717) is 12.0 Å². The van der Waals surface area contributed by atoms with Gasteiger partial charge in [-0.05, 0) is 52.4 Å². The second-order valence-electron chi connectivity index (χ2n) is 8.48. The molecular formula is C26H27ClN2O3. The summed E-state index contributed by atoms with van der Waals surface area (Å²) in [5, 5.41) is 5.53. The highest BCUT2D eigenvalue weighted by Gasteiger charge is 2.38. The molecule has 0 spiro atoms. The van der Waals surface area contributed by atoms with Gasteiger partial charge in [0.25, 0.3) is 5.91 Å². The molecule has 3 aromatic carbocycles. The number of likely N-dealkylation sites (tertiary alicyclic amines) is 1. The molecule has 1 N–H and O–H groups in total. The second kappa shape index (κ2) is 9.31. The molecule has 1 amide bonds. The minimum atomic E-state index is -0.257. The maximum Gasteiger partial charge on any atom is 0.309 e. The summed E-state index contributed by atoms with van der Waals surface area (Å²) in [6.07, 6.45) is 1.39.